The molecule has 102 valence electrons. The van der Waals surface area contributed by atoms with Gasteiger partial charge in [0.2, 0.25) is 0 Å². The van der Waals surface area contributed by atoms with E-state index in [2.05, 4.69) is 11.8 Å². The highest BCUT2D eigenvalue weighted by Crippen LogP contribution is 2.21. The van der Waals surface area contributed by atoms with Gasteiger partial charge in [-0.3, -0.25) is 0 Å². The minimum absolute atomic E-state index is 0.124. The fourth-order valence-electron chi connectivity index (χ4n) is 1.70. The Kier molecular flexibility index (Phi) is 5.06. The molecule has 3 heteroatoms. The Labute approximate surface area is 124 Å². The molecule has 20 heavy (non-hydrogen) atoms. The van der Waals surface area contributed by atoms with Gasteiger partial charge in [-0.2, -0.15) is 0 Å². The van der Waals surface area contributed by atoms with E-state index < -0.39 is 0 Å². The molecule has 1 N–H and O–H groups in total. The molecule has 0 spiro atoms. The van der Waals surface area contributed by atoms with Crippen LogP contribution in [0.4, 0.5) is 0 Å². The monoisotopic (exact) mass is 286 g/mol. The van der Waals surface area contributed by atoms with E-state index in [-0.39, 0.29) is 6.61 Å². The van der Waals surface area contributed by atoms with Crippen LogP contribution in [-0.2, 0) is 6.61 Å². The lowest BCUT2D eigenvalue weighted by Crippen LogP contribution is -1.95. The van der Waals surface area contributed by atoms with Crippen molar-refractivity contribution in [2.45, 2.75) is 13.5 Å². The first kappa shape index (κ1) is 14.5. The highest BCUT2D eigenvalue weighted by molar-refractivity contribution is 6.31. The average Bonchev–Trinajstić information content (AvgIpc) is 2.47. The summed E-state index contributed by atoms with van der Waals surface area (Å²) in [4.78, 5) is 0. The van der Waals surface area contributed by atoms with Gasteiger partial charge >= 0.3 is 0 Å². The van der Waals surface area contributed by atoms with Gasteiger partial charge in [0.1, 0.15) is 19.0 Å². The average molecular weight is 287 g/mol. The van der Waals surface area contributed by atoms with Crippen molar-refractivity contribution >= 4 is 11.6 Å². The molecule has 0 atom stereocenters. The minimum atomic E-state index is -0.124. The van der Waals surface area contributed by atoms with Gasteiger partial charge in [0.05, 0.1) is 0 Å². The Balaban J connectivity index is 1.98. The van der Waals surface area contributed by atoms with Crippen LogP contribution in [0.1, 0.15) is 16.7 Å². The Morgan fingerprint density at radius 1 is 1.15 bits per heavy atom. The molecule has 0 radical (unpaired) electrons. The molecule has 0 aliphatic carbocycles. The summed E-state index contributed by atoms with van der Waals surface area (Å²) >= 11 is 5.97. The standard InChI is InChI=1S/C17H15ClO2/c1-13-11-16(8-9-17(13)18)20-12-15-6-4-14(5-7-15)3-2-10-19/h4-9,11,19H,10,12H2,1H3. The number of ether oxygens (including phenoxy) is 1. The molecule has 0 bridgehead atoms. The van der Waals surface area contributed by atoms with Crippen molar-refractivity contribution in [3.05, 3.63) is 64.2 Å². The van der Waals surface area contributed by atoms with E-state index in [0.29, 0.717) is 6.61 Å². The summed E-state index contributed by atoms with van der Waals surface area (Å²) in [5.74, 6) is 6.27. The zero-order valence-electron chi connectivity index (χ0n) is 11.2. The van der Waals surface area contributed by atoms with Crippen LogP contribution in [-0.4, -0.2) is 11.7 Å². The number of aryl methyl sites for hydroxylation is 1. The first-order valence-corrected chi connectivity index (χ1v) is 6.64. The molecule has 2 nitrogen and oxygen atoms in total. The van der Waals surface area contributed by atoms with Gasteiger partial charge in [-0.25, -0.2) is 0 Å². The van der Waals surface area contributed by atoms with Gasteiger partial charge in [0.25, 0.3) is 0 Å². The Morgan fingerprint density at radius 3 is 2.55 bits per heavy atom. The number of aliphatic hydroxyl groups excluding tert-OH is 1. The summed E-state index contributed by atoms with van der Waals surface area (Å²) in [5.41, 5.74) is 2.94. The van der Waals surface area contributed by atoms with E-state index in [1.54, 1.807) is 0 Å². The molecule has 0 aromatic heterocycles. The normalized spacial score (nSPS) is 9.75. The predicted molar refractivity (Wildman–Crippen MR) is 80.9 cm³/mol. The maximum Gasteiger partial charge on any atom is 0.120 e. The second kappa shape index (κ2) is 7.00. The van der Waals surface area contributed by atoms with Crippen LogP contribution >= 0.6 is 11.6 Å². The van der Waals surface area contributed by atoms with E-state index in [9.17, 15) is 0 Å². The quantitative estimate of drug-likeness (QED) is 0.874. The van der Waals surface area contributed by atoms with E-state index in [0.717, 1.165) is 27.5 Å². The number of aliphatic hydroxyl groups is 1. The molecule has 0 aliphatic rings. The summed E-state index contributed by atoms with van der Waals surface area (Å²) in [7, 11) is 0. The zero-order chi connectivity index (χ0) is 14.4. The Hall–Kier alpha value is -1.95. The molecule has 0 fully saturated rings. The first-order valence-electron chi connectivity index (χ1n) is 6.26. The van der Waals surface area contributed by atoms with Gasteiger partial charge < -0.3 is 9.84 Å². The molecule has 2 rings (SSSR count). The van der Waals surface area contributed by atoms with Crippen LogP contribution in [0.2, 0.25) is 5.02 Å². The fourth-order valence-corrected chi connectivity index (χ4v) is 1.82. The third-order valence-corrected chi connectivity index (χ3v) is 3.22. The fraction of sp³-hybridized carbons (Fsp3) is 0.176. The second-order valence-corrected chi connectivity index (χ2v) is 4.76. The molecular weight excluding hydrogens is 272 g/mol. The summed E-state index contributed by atoms with van der Waals surface area (Å²) in [6.07, 6.45) is 0. The third-order valence-electron chi connectivity index (χ3n) is 2.80. The van der Waals surface area contributed by atoms with Gasteiger partial charge in [-0.15, -0.1) is 0 Å². The molecule has 0 saturated carbocycles. The number of hydrogen-bond acceptors (Lipinski definition) is 2. The van der Waals surface area contributed by atoms with Crippen LogP contribution in [0.25, 0.3) is 0 Å². The van der Waals surface area contributed by atoms with Crippen molar-refractivity contribution in [1.29, 1.82) is 0 Å². The molecule has 0 aliphatic heterocycles. The van der Waals surface area contributed by atoms with Crippen LogP contribution in [0, 0.1) is 18.8 Å². The maximum atomic E-state index is 8.63. The van der Waals surface area contributed by atoms with Gasteiger partial charge in [0, 0.05) is 10.6 Å². The first-order chi connectivity index (χ1) is 9.69. The minimum Gasteiger partial charge on any atom is -0.489 e. The van der Waals surface area contributed by atoms with Crippen LogP contribution in [0.5, 0.6) is 5.75 Å². The van der Waals surface area contributed by atoms with Crippen LogP contribution < -0.4 is 4.74 Å². The topological polar surface area (TPSA) is 29.5 Å². The lowest BCUT2D eigenvalue weighted by molar-refractivity contribution is 0.306. The number of rotatable bonds is 3. The Morgan fingerprint density at radius 2 is 1.90 bits per heavy atom. The predicted octanol–water partition coefficient (Wildman–Crippen LogP) is 3.57. The maximum absolute atomic E-state index is 8.63. The Bertz CT molecular complexity index is 636. The molecule has 0 saturated heterocycles. The van der Waals surface area contributed by atoms with Crippen molar-refractivity contribution in [2.75, 3.05) is 6.61 Å². The number of hydrogen-bond donors (Lipinski definition) is 1. The van der Waals surface area contributed by atoms with Crippen molar-refractivity contribution < 1.29 is 9.84 Å². The smallest absolute Gasteiger partial charge is 0.120 e. The van der Waals surface area contributed by atoms with Crippen molar-refractivity contribution in [2.24, 2.45) is 0 Å². The lowest BCUT2D eigenvalue weighted by atomic mass is 10.1. The third kappa shape index (κ3) is 4.03. The zero-order valence-corrected chi connectivity index (χ0v) is 11.9. The van der Waals surface area contributed by atoms with E-state index in [1.165, 1.54) is 0 Å². The highest BCUT2D eigenvalue weighted by Gasteiger charge is 1.99. The molecular formula is C17H15ClO2. The van der Waals surface area contributed by atoms with Gasteiger partial charge in [-0.1, -0.05) is 35.6 Å². The van der Waals surface area contributed by atoms with E-state index in [4.69, 9.17) is 21.4 Å². The molecule has 0 unspecified atom stereocenters. The summed E-state index contributed by atoms with van der Waals surface area (Å²) in [6.45, 7) is 2.32. The number of benzene rings is 2. The molecule has 2 aromatic carbocycles. The SMILES string of the molecule is Cc1cc(OCc2ccc(C#CCO)cc2)ccc1Cl. The highest BCUT2D eigenvalue weighted by atomic mass is 35.5. The van der Waals surface area contributed by atoms with E-state index in [1.807, 2.05) is 49.4 Å². The van der Waals surface area contributed by atoms with Crippen molar-refractivity contribution in [1.82, 2.24) is 0 Å². The van der Waals surface area contributed by atoms with Crippen molar-refractivity contribution in [3.63, 3.8) is 0 Å². The van der Waals surface area contributed by atoms with Crippen molar-refractivity contribution in [3.8, 4) is 17.6 Å². The largest absolute Gasteiger partial charge is 0.489 e. The van der Waals surface area contributed by atoms with Gasteiger partial charge in [-0.05, 0) is 48.4 Å². The number of halogens is 1. The molecule has 0 amide bonds. The van der Waals surface area contributed by atoms with Crippen LogP contribution in [0.3, 0.4) is 0 Å². The lowest BCUT2D eigenvalue weighted by Gasteiger charge is -2.08. The van der Waals surface area contributed by atoms with Crippen LogP contribution in [0.15, 0.2) is 42.5 Å². The summed E-state index contributed by atoms with van der Waals surface area (Å²) in [5, 5.41) is 9.37. The van der Waals surface area contributed by atoms with E-state index >= 15 is 0 Å². The van der Waals surface area contributed by atoms with Gasteiger partial charge in [0.15, 0.2) is 0 Å². The second-order valence-electron chi connectivity index (χ2n) is 4.36. The molecule has 0 heterocycles. The summed E-state index contributed by atoms with van der Waals surface area (Å²) in [6, 6.07) is 13.4. The summed E-state index contributed by atoms with van der Waals surface area (Å²) < 4.78 is 5.71. The molecule has 2 aromatic rings.